The molecule has 0 fully saturated rings. The molecule has 6 nitrogen and oxygen atoms in total. The predicted octanol–water partition coefficient (Wildman–Crippen LogP) is 2.51. The van der Waals surface area contributed by atoms with Crippen LogP contribution in [0.5, 0.6) is 0 Å². The molecule has 0 aliphatic heterocycles. The number of hydrogen-bond donors (Lipinski definition) is 2. The molecule has 0 atom stereocenters. The highest BCUT2D eigenvalue weighted by atomic mass is 32.2. The smallest absolute Gasteiger partial charge is 0.230 e. The molecular formula is C18H18FN5OS. The summed E-state index contributed by atoms with van der Waals surface area (Å²) in [6.45, 7) is 2.10. The Hall–Kier alpha value is -2.87. The minimum atomic E-state index is -0.343. The first-order valence-corrected chi connectivity index (χ1v) is 8.94. The third kappa shape index (κ3) is 4.02. The number of rotatable bonds is 6. The Kier molecular flexibility index (Phi) is 5.52. The lowest BCUT2D eigenvalue weighted by Gasteiger charge is -2.07. The molecule has 0 aliphatic rings. The van der Waals surface area contributed by atoms with Gasteiger partial charge >= 0.3 is 0 Å². The summed E-state index contributed by atoms with van der Waals surface area (Å²) < 4.78 is 14.9. The zero-order valence-corrected chi connectivity index (χ0v) is 15.0. The van der Waals surface area contributed by atoms with E-state index in [2.05, 4.69) is 15.5 Å². The van der Waals surface area contributed by atoms with Gasteiger partial charge in [0.05, 0.1) is 5.75 Å². The molecule has 0 radical (unpaired) electrons. The molecule has 0 spiro atoms. The van der Waals surface area contributed by atoms with Crippen molar-refractivity contribution in [2.75, 3.05) is 11.6 Å². The number of nitrogen functional groups attached to an aromatic ring is 1. The Morgan fingerprint density at radius 3 is 2.69 bits per heavy atom. The first-order chi connectivity index (χ1) is 12.6. The standard InChI is InChI=1S/C18H18FN5OS/c1-12-6-2-4-8-14(12)17-22-23-18(24(17)20)26-11-16(25)21-10-13-7-3-5-9-15(13)19/h2-9H,10-11,20H2,1H3,(H,21,25). The SMILES string of the molecule is Cc1ccccc1-c1nnc(SCC(=O)NCc2ccccc2F)n1N. The van der Waals surface area contributed by atoms with Crippen LogP contribution in [0.3, 0.4) is 0 Å². The Balaban J connectivity index is 1.59. The van der Waals surface area contributed by atoms with E-state index < -0.39 is 0 Å². The van der Waals surface area contributed by atoms with E-state index in [9.17, 15) is 9.18 Å². The number of nitrogens with two attached hydrogens (primary N) is 1. The molecule has 1 aromatic heterocycles. The van der Waals surface area contributed by atoms with Gasteiger partial charge < -0.3 is 11.2 Å². The molecule has 2 aromatic carbocycles. The van der Waals surface area contributed by atoms with Crippen LogP contribution in [-0.2, 0) is 11.3 Å². The van der Waals surface area contributed by atoms with Gasteiger partial charge in [0, 0.05) is 17.7 Å². The van der Waals surface area contributed by atoms with E-state index in [1.165, 1.54) is 22.5 Å². The second kappa shape index (κ2) is 8.01. The summed E-state index contributed by atoms with van der Waals surface area (Å²) in [5, 5.41) is 11.3. The van der Waals surface area contributed by atoms with Gasteiger partial charge in [-0.2, -0.15) is 0 Å². The van der Waals surface area contributed by atoms with E-state index >= 15 is 0 Å². The molecule has 1 amide bonds. The summed E-state index contributed by atoms with van der Waals surface area (Å²) in [7, 11) is 0. The van der Waals surface area contributed by atoms with E-state index in [1.807, 2.05) is 31.2 Å². The summed E-state index contributed by atoms with van der Waals surface area (Å²) in [5.74, 6) is 6.13. The lowest BCUT2D eigenvalue weighted by Crippen LogP contribution is -2.25. The van der Waals surface area contributed by atoms with Crippen LogP contribution in [0.2, 0.25) is 0 Å². The van der Waals surface area contributed by atoms with Crippen molar-refractivity contribution in [3.05, 3.63) is 65.5 Å². The average molecular weight is 371 g/mol. The van der Waals surface area contributed by atoms with E-state index in [0.717, 1.165) is 11.1 Å². The zero-order chi connectivity index (χ0) is 18.5. The summed E-state index contributed by atoms with van der Waals surface area (Å²) in [4.78, 5) is 12.0. The van der Waals surface area contributed by atoms with Crippen molar-refractivity contribution in [3.63, 3.8) is 0 Å². The maximum atomic E-state index is 13.5. The van der Waals surface area contributed by atoms with Crippen molar-refractivity contribution in [2.45, 2.75) is 18.6 Å². The molecule has 0 saturated carbocycles. The van der Waals surface area contributed by atoms with Gasteiger partial charge in [0.15, 0.2) is 5.82 Å². The van der Waals surface area contributed by atoms with Gasteiger partial charge in [0.1, 0.15) is 5.82 Å². The van der Waals surface area contributed by atoms with E-state index in [4.69, 9.17) is 5.84 Å². The highest BCUT2D eigenvalue weighted by Crippen LogP contribution is 2.23. The van der Waals surface area contributed by atoms with Crippen molar-refractivity contribution in [3.8, 4) is 11.4 Å². The fourth-order valence-corrected chi connectivity index (χ4v) is 3.09. The Morgan fingerprint density at radius 2 is 1.92 bits per heavy atom. The Morgan fingerprint density at radius 1 is 1.19 bits per heavy atom. The number of carbonyl (C=O) groups excluding carboxylic acids is 1. The van der Waals surface area contributed by atoms with Crippen molar-refractivity contribution in [2.24, 2.45) is 0 Å². The van der Waals surface area contributed by atoms with E-state index in [-0.39, 0.29) is 24.0 Å². The summed E-state index contributed by atoms with van der Waals surface area (Å²) in [6, 6.07) is 14.0. The van der Waals surface area contributed by atoms with Gasteiger partial charge in [-0.1, -0.05) is 54.2 Å². The first-order valence-electron chi connectivity index (χ1n) is 7.95. The number of thioether (sulfide) groups is 1. The molecule has 0 aliphatic carbocycles. The van der Waals surface area contributed by atoms with E-state index in [1.54, 1.807) is 18.2 Å². The minimum absolute atomic E-state index is 0.109. The second-order valence-corrected chi connectivity index (χ2v) is 6.59. The van der Waals surface area contributed by atoms with Crippen LogP contribution in [0.25, 0.3) is 11.4 Å². The van der Waals surface area contributed by atoms with Crippen LogP contribution in [0, 0.1) is 12.7 Å². The van der Waals surface area contributed by atoms with Gasteiger partial charge in [0.2, 0.25) is 11.1 Å². The van der Waals surface area contributed by atoms with Gasteiger partial charge in [-0.25, -0.2) is 9.07 Å². The fraction of sp³-hybridized carbons (Fsp3) is 0.167. The molecule has 134 valence electrons. The lowest BCUT2D eigenvalue weighted by atomic mass is 10.1. The summed E-state index contributed by atoms with van der Waals surface area (Å²) in [6.07, 6.45) is 0. The molecule has 0 saturated heterocycles. The molecule has 8 heteroatoms. The monoisotopic (exact) mass is 371 g/mol. The lowest BCUT2D eigenvalue weighted by molar-refractivity contribution is -0.118. The molecule has 0 unspecified atom stereocenters. The van der Waals surface area contributed by atoms with Gasteiger partial charge in [-0.3, -0.25) is 4.79 Å². The van der Waals surface area contributed by atoms with E-state index in [0.29, 0.717) is 16.5 Å². The third-order valence-electron chi connectivity index (χ3n) is 3.82. The van der Waals surface area contributed by atoms with Crippen molar-refractivity contribution in [1.29, 1.82) is 0 Å². The minimum Gasteiger partial charge on any atom is -0.351 e. The number of amides is 1. The maximum absolute atomic E-state index is 13.5. The topological polar surface area (TPSA) is 85.8 Å². The third-order valence-corrected chi connectivity index (χ3v) is 4.76. The van der Waals surface area contributed by atoms with Gasteiger partial charge in [-0.15, -0.1) is 10.2 Å². The molecule has 1 heterocycles. The van der Waals surface area contributed by atoms with Crippen molar-refractivity contribution in [1.82, 2.24) is 20.2 Å². The van der Waals surface area contributed by atoms with Crippen LogP contribution in [-0.4, -0.2) is 26.5 Å². The Labute approximate surface area is 154 Å². The second-order valence-electron chi connectivity index (χ2n) is 5.65. The van der Waals surface area contributed by atoms with Gasteiger partial charge in [0.25, 0.3) is 0 Å². The quantitative estimate of drug-likeness (QED) is 0.514. The molecule has 0 bridgehead atoms. The molecule has 3 N–H and O–H groups in total. The molecule has 3 rings (SSSR count). The number of hydrogen-bond acceptors (Lipinski definition) is 5. The van der Waals surface area contributed by atoms with Crippen LogP contribution >= 0.6 is 11.8 Å². The molecular weight excluding hydrogens is 353 g/mol. The van der Waals surface area contributed by atoms with Crippen molar-refractivity contribution >= 4 is 17.7 Å². The molecule has 26 heavy (non-hydrogen) atoms. The number of aryl methyl sites for hydroxylation is 1. The van der Waals surface area contributed by atoms with Crippen LogP contribution < -0.4 is 11.2 Å². The van der Waals surface area contributed by atoms with Crippen LogP contribution in [0.4, 0.5) is 4.39 Å². The van der Waals surface area contributed by atoms with Crippen LogP contribution in [0.15, 0.2) is 53.7 Å². The van der Waals surface area contributed by atoms with Gasteiger partial charge in [-0.05, 0) is 18.6 Å². The highest BCUT2D eigenvalue weighted by molar-refractivity contribution is 7.99. The average Bonchev–Trinajstić information content (AvgIpc) is 3.00. The normalized spacial score (nSPS) is 10.7. The summed E-state index contributed by atoms with van der Waals surface area (Å²) >= 11 is 1.17. The maximum Gasteiger partial charge on any atom is 0.230 e. The van der Waals surface area contributed by atoms with Crippen LogP contribution in [0.1, 0.15) is 11.1 Å². The Bertz CT molecular complexity index is 927. The number of nitrogens with one attached hydrogen (secondary N) is 1. The summed E-state index contributed by atoms with van der Waals surface area (Å²) in [5.41, 5.74) is 2.36. The largest absolute Gasteiger partial charge is 0.351 e. The fourth-order valence-electron chi connectivity index (χ4n) is 2.40. The number of benzene rings is 2. The number of nitrogens with zero attached hydrogens (tertiary/aromatic N) is 3. The number of halogens is 1. The number of carbonyl (C=O) groups is 1. The highest BCUT2D eigenvalue weighted by Gasteiger charge is 2.15. The van der Waals surface area contributed by atoms with Crippen molar-refractivity contribution < 1.29 is 9.18 Å². The molecule has 3 aromatic rings. The predicted molar refractivity (Wildman–Crippen MR) is 99.3 cm³/mol. The number of aromatic nitrogens is 3. The zero-order valence-electron chi connectivity index (χ0n) is 14.1. The first kappa shape index (κ1) is 17.9.